The summed E-state index contributed by atoms with van der Waals surface area (Å²) >= 11 is 0. The molecule has 1 aromatic carbocycles. The fourth-order valence-corrected chi connectivity index (χ4v) is 2.53. The Morgan fingerprint density at radius 2 is 1.88 bits per heavy atom. The van der Waals surface area contributed by atoms with Crippen LogP contribution < -0.4 is 10.0 Å². The van der Waals surface area contributed by atoms with Gasteiger partial charge in [0.25, 0.3) is 0 Å². The molecule has 0 fully saturated rings. The van der Waals surface area contributed by atoms with Crippen molar-refractivity contribution in [3.05, 3.63) is 24.3 Å². The largest absolute Gasteiger partial charge is 0.374 e. The lowest BCUT2D eigenvalue weighted by atomic mass is 10.3. The Balaban J connectivity index is 2.84. The molecule has 0 spiro atoms. The molecular weight excluding hydrogens is 236 g/mol. The molecule has 0 atom stereocenters. The highest BCUT2D eigenvalue weighted by Gasteiger charge is 2.14. The second-order valence-corrected chi connectivity index (χ2v) is 5.57. The van der Waals surface area contributed by atoms with Crippen molar-refractivity contribution in [2.45, 2.75) is 24.8 Å². The van der Waals surface area contributed by atoms with Crippen LogP contribution >= 0.6 is 0 Å². The fourth-order valence-electron chi connectivity index (χ4n) is 1.28. The number of terminal acetylenes is 1. The zero-order chi connectivity index (χ0) is 12.9. The maximum absolute atomic E-state index is 11.8. The van der Waals surface area contributed by atoms with E-state index in [9.17, 15) is 8.42 Å². The molecule has 92 valence electrons. The van der Waals surface area contributed by atoms with Gasteiger partial charge in [0.05, 0.1) is 11.4 Å². The quantitative estimate of drug-likeness (QED) is 0.779. The molecule has 0 amide bonds. The van der Waals surface area contributed by atoms with Crippen molar-refractivity contribution in [1.29, 1.82) is 0 Å². The molecule has 0 bridgehead atoms. The van der Waals surface area contributed by atoms with Crippen molar-refractivity contribution in [3.8, 4) is 12.3 Å². The lowest BCUT2D eigenvalue weighted by Crippen LogP contribution is -2.30. The summed E-state index contributed by atoms with van der Waals surface area (Å²) in [4.78, 5) is 0.248. The van der Waals surface area contributed by atoms with E-state index in [-0.39, 0.29) is 10.9 Å². The third kappa shape index (κ3) is 4.10. The molecule has 0 aliphatic rings. The Bertz CT molecular complexity index is 498. The van der Waals surface area contributed by atoms with Gasteiger partial charge in [-0.25, -0.2) is 13.1 Å². The zero-order valence-corrected chi connectivity index (χ0v) is 10.7. The van der Waals surface area contributed by atoms with Crippen LogP contribution in [0.5, 0.6) is 0 Å². The Hall–Kier alpha value is -1.51. The Labute approximate surface area is 102 Å². The standard InChI is InChI=1S/C12H16N2O2S/c1-4-9-13-11-5-7-12(8-6-11)17(15,16)14-10(2)3/h1,5-8,10,13-14H,9H2,2-3H3. The summed E-state index contributed by atoms with van der Waals surface area (Å²) in [6.45, 7) is 3.97. The summed E-state index contributed by atoms with van der Waals surface area (Å²) in [6.07, 6.45) is 5.11. The highest BCUT2D eigenvalue weighted by atomic mass is 32.2. The maximum Gasteiger partial charge on any atom is 0.240 e. The summed E-state index contributed by atoms with van der Waals surface area (Å²) in [6, 6.07) is 6.34. The average molecular weight is 252 g/mol. The van der Waals surface area contributed by atoms with Gasteiger partial charge in [0.2, 0.25) is 10.0 Å². The number of anilines is 1. The second kappa shape index (κ2) is 5.71. The molecule has 2 N–H and O–H groups in total. The highest BCUT2D eigenvalue weighted by Crippen LogP contribution is 2.13. The van der Waals surface area contributed by atoms with E-state index in [1.54, 1.807) is 38.1 Å². The first-order valence-corrected chi connectivity index (χ1v) is 6.74. The minimum Gasteiger partial charge on any atom is -0.374 e. The van der Waals surface area contributed by atoms with Gasteiger partial charge in [0.15, 0.2) is 0 Å². The minimum absolute atomic E-state index is 0.126. The number of sulfonamides is 1. The van der Waals surface area contributed by atoms with Crippen LogP contribution in [-0.4, -0.2) is 21.0 Å². The van der Waals surface area contributed by atoms with Crippen molar-refractivity contribution in [2.75, 3.05) is 11.9 Å². The van der Waals surface area contributed by atoms with Gasteiger partial charge in [0, 0.05) is 11.7 Å². The van der Waals surface area contributed by atoms with Gasteiger partial charge in [-0.2, -0.15) is 0 Å². The molecule has 0 saturated heterocycles. The average Bonchev–Trinajstić information content (AvgIpc) is 2.25. The third-order valence-corrected chi connectivity index (χ3v) is 3.62. The predicted octanol–water partition coefficient (Wildman–Crippen LogP) is 1.42. The van der Waals surface area contributed by atoms with Crippen molar-refractivity contribution < 1.29 is 8.42 Å². The van der Waals surface area contributed by atoms with Gasteiger partial charge in [-0.3, -0.25) is 0 Å². The van der Waals surface area contributed by atoms with Gasteiger partial charge in [-0.15, -0.1) is 6.42 Å². The normalized spacial score (nSPS) is 11.2. The van der Waals surface area contributed by atoms with Gasteiger partial charge in [-0.05, 0) is 38.1 Å². The molecule has 0 saturated carbocycles. The van der Waals surface area contributed by atoms with Gasteiger partial charge >= 0.3 is 0 Å². The van der Waals surface area contributed by atoms with Gasteiger partial charge in [0.1, 0.15) is 0 Å². The molecular formula is C12H16N2O2S. The number of hydrogen-bond donors (Lipinski definition) is 2. The van der Waals surface area contributed by atoms with Crippen LogP contribution in [0.2, 0.25) is 0 Å². The molecule has 0 aliphatic carbocycles. The molecule has 0 unspecified atom stereocenters. The van der Waals surface area contributed by atoms with Crippen LogP contribution in [-0.2, 0) is 10.0 Å². The minimum atomic E-state index is -3.41. The summed E-state index contributed by atoms with van der Waals surface area (Å²) in [5, 5.41) is 2.96. The summed E-state index contributed by atoms with van der Waals surface area (Å²) in [5.74, 6) is 2.45. The van der Waals surface area contributed by atoms with Gasteiger partial charge in [-0.1, -0.05) is 5.92 Å². The Kier molecular flexibility index (Phi) is 4.55. The van der Waals surface area contributed by atoms with Crippen LogP contribution in [0.1, 0.15) is 13.8 Å². The molecule has 0 aliphatic heterocycles. The van der Waals surface area contributed by atoms with E-state index in [0.717, 1.165) is 5.69 Å². The van der Waals surface area contributed by atoms with E-state index in [1.807, 2.05) is 0 Å². The molecule has 0 radical (unpaired) electrons. The molecule has 0 heterocycles. The number of hydrogen-bond acceptors (Lipinski definition) is 3. The van der Waals surface area contributed by atoms with Crippen LogP contribution in [0.25, 0.3) is 0 Å². The molecule has 0 aromatic heterocycles. The smallest absolute Gasteiger partial charge is 0.240 e. The molecule has 1 rings (SSSR count). The third-order valence-electron chi connectivity index (χ3n) is 1.95. The van der Waals surface area contributed by atoms with Crippen LogP contribution in [0, 0.1) is 12.3 Å². The summed E-state index contributed by atoms with van der Waals surface area (Å²) in [7, 11) is -3.41. The van der Waals surface area contributed by atoms with Crippen molar-refractivity contribution >= 4 is 15.7 Å². The van der Waals surface area contributed by atoms with Crippen LogP contribution in [0.4, 0.5) is 5.69 Å². The SMILES string of the molecule is C#CCNc1ccc(S(=O)(=O)NC(C)C)cc1. The van der Waals surface area contributed by atoms with E-state index in [0.29, 0.717) is 6.54 Å². The van der Waals surface area contributed by atoms with Crippen LogP contribution in [0.3, 0.4) is 0 Å². The van der Waals surface area contributed by atoms with E-state index in [2.05, 4.69) is 16.0 Å². The molecule has 1 aromatic rings. The first-order valence-electron chi connectivity index (χ1n) is 5.25. The number of nitrogens with one attached hydrogen (secondary N) is 2. The van der Waals surface area contributed by atoms with E-state index >= 15 is 0 Å². The van der Waals surface area contributed by atoms with E-state index in [4.69, 9.17) is 6.42 Å². The van der Waals surface area contributed by atoms with Crippen LogP contribution in [0.15, 0.2) is 29.2 Å². The first-order chi connectivity index (χ1) is 7.95. The van der Waals surface area contributed by atoms with Gasteiger partial charge < -0.3 is 5.32 Å². The second-order valence-electron chi connectivity index (χ2n) is 3.86. The lowest BCUT2D eigenvalue weighted by molar-refractivity contribution is 0.570. The molecule has 17 heavy (non-hydrogen) atoms. The Morgan fingerprint density at radius 1 is 1.29 bits per heavy atom. The van der Waals surface area contributed by atoms with E-state index < -0.39 is 10.0 Å². The predicted molar refractivity (Wildman–Crippen MR) is 69.2 cm³/mol. The monoisotopic (exact) mass is 252 g/mol. The Morgan fingerprint density at radius 3 is 2.35 bits per heavy atom. The summed E-state index contributed by atoms with van der Waals surface area (Å²) < 4.78 is 26.1. The lowest BCUT2D eigenvalue weighted by Gasteiger charge is -2.10. The summed E-state index contributed by atoms with van der Waals surface area (Å²) in [5.41, 5.74) is 0.798. The number of rotatable bonds is 5. The van der Waals surface area contributed by atoms with E-state index in [1.165, 1.54) is 0 Å². The zero-order valence-electron chi connectivity index (χ0n) is 9.90. The number of benzene rings is 1. The van der Waals surface area contributed by atoms with Crippen molar-refractivity contribution in [2.24, 2.45) is 0 Å². The first kappa shape index (κ1) is 13.6. The molecule has 4 nitrogen and oxygen atoms in total. The fraction of sp³-hybridized carbons (Fsp3) is 0.333. The van der Waals surface area contributed by atoms with Crippen molar-refractivity contribution in [3.63, 3.8) is 0 Å². The van der Waals surface area contributed by atoms with Crippen molar-refractivity contribution in [1.82, 2.24) is 4.72 Å². The molecule has 5 heteroatoms. The maximum atomic E-state index is 11.8. The topological polar surface area (TPSA) is 58.2 Å². The highest BCUT2D eigenvalue weighted by molar-refractivity contribution is 7.89.